The normalized spacial score (nSPS) is 12.5. The number of fused-ring (bicyclic) bond motifs is 1. The molecule has 0 aliphatic carbocycles. The molecule has 0 spiro atoms. The van der Waals surface area contributed by atoms with Crippen molar-refractivity contribution in [3.8, 4) is 0 Å². The number of halogens is 3. The van der Waals surface area contributed by atoms with Crippen LogP contribution < -0.4 is 5.32 Å². The number of rotatable bonds is 7. The van der Waals surface area contributed by atoms with Crippen LogP contribution in [0.4, 0.5) is 13.2 Å². The summed E-state index contributed by atoms with van der Waals surface area (Å²) < 4.78 is 44.5. The molecular weight excluding hydrogens is 483 g/mol. The summed E-state index contributed by atoms with van der Waals surface area (Å²) >= 11 is 1.36. The molecule has 4 rings (SSSR count). The van der Waals surface area contributed by atoms with Crippen LogP contribution in [0.1, 0.15) is 44.5 Å². The number of methoxy groups -OCH3 is 1. The van der Waals surface area contributed by atoms with Crippen LogP contribution in [0, 0.1) is 0 Å². The van der Waals surface area contributed by atoms with Crippen molar-refractivity contribution in [3.63, 3.8) is 0 Å². The number of hydrogen-bond donors (Lipinski definition) is 1. The molecule has 1 N–H and O–H groups in total. The highest BCUT2D eigenvalue weighted by molar-refractivity contribution is 7.11. The molecule has 0 aliphatic rings. The van der Waals surface area contributed by atoms with Crippen molar-refractivity contribution < 1.29 is 27.5 Å². The Labute approximate surface area is 201 Å². The van der Waals surface area contributed by atoms with E-state index < -0.39 is 23.6 Å². The quantitative estimate of drug-likeness (QED) is 0.380. The Bertz CT molecular complexity index is 1360. The summed E-state index contributed by atoms with van der Waals surface area (Å²) in [6.45, 7) is 1.75. The molecule has 1 aromatic carbocycles. The molecule has 1 amide bonds. The smallest absolute Gasteiger partial charge is 0.416 e. The third-order valence-electron chi connectivity index (χ3n) is 5.25. The molecule has 8 nitrogen and oxygen atoms in total. The Hall–Kier alpha value is -3.80. The monoisotopic (exact) mass is 503 g/mol. The standard InChI is InChI=1S/C23H20F3N5O3S/c1-13(19-10-28-20(35-19)7-14-3-5-15(6-4-14)23(24,25)26)30-22(33)16-8-18-17(9-27-16)29-12-31(18)11-21(32)34-2/h3-6,8-10,12-13H,7,11H2,1-2H3,(H,30,33). The van der Waals surface area contributed by atoms with E-state index in [0.29, 0.717) is 28.0 Å². The van der Waals surface area contributed by atoms with Gasteiger partial charge in [0.15, 0.2) is 0 Å². The Balaban J connectivity index is 1.42. The van der Waals surface area contributed by atoms with E-state index in [-0.39, 0.29) is 18.3 Å². The number of amides is 1. The lowest BCUT2D eigenvalue weighted by molar-refractivity contribution is -0.141. The molecule has 4 aromatic rings. The summed E-state index contributed by atoms with van der Waals surface area (Å²) in [5.74, 6) is -0.860. The van der Waals surface area contributed by atoms with Gasteiger partial charge < -0.3 is 14.6 Å². The number of carbonyl (C=O) groups is 2. The van der Waals surface area contributed by atoms with E-state index in [4.69, 9.17) is 0 Å². The van der Waals surface area contributed by atoms with Crippen molar-refractivity contribution in [2.24, 2.45) is 0 Å². The molecule has 1 unspecified atom stereocenters. The highest BCUT2D eigenvalue weighted by Crippen LogP contribution is 2.30. The maximum Gasteiger partial charge on any atom is 0.416 e. The second-order valence-electron chi connectivity index (χ2n) is 7.73. The topological polar surface area (TPSA) is 99.0 Å². The van der Waals surface area contributed by atoms with Gasteiger partial charge in [-0.15, -0.1) is 11.3 Å². The number of imidazole rings is 1. The maximum atomic E-state index is 12.8. The second-order valence-corrected chi connectivity index (χ2v) is 8.88. The Morgan fingerprint density at radius 3 is 2.57 bits per heavy atom. The fourth-order valence-electron chi connectivity index (χ4n) is 3.35. The third-order valence-corrected chi connectivity index (χ3v) is 6.43. The fraction of sp³-hybridized carbons (Fsp3) is 0.261. The van der Waals surface area contributed by atoms with Crippen molar-refractivity contribution in [2.75, 3.05) is 7.11 Å². The first-order valence-electron chi connectivity index (χ1n) is 10.4. The predicted molar refractivity (Wildman–Crippen MR) is 122 cm³/mol. The van der Waals surface area contributed by atoms with Gasteiger partial charge in [0.05, 0.1) is 41.8 Å². The molecule has 0 fully saturated rings. The van der Waals surface area contributed by atoms with E-state index in [1.54, 1.807) is 23.8 Å². The number of alkyl halides is 3. The molecule has 0 saturated carbocycles. The minimum absolute atomic E-state index is 0.0446. The van der Waals surface area contributed by atoms with Gasteiger partial charge in [-0.1, -0.05) is 12.1 Å². The minimum Gasteiger partial charge on any atom is -0.468 e. The predicted octanol–water partition coefficient (Wildman–Crippen LogP) is 4.16. The molecule has 0 saturated heterocycles. The minimum atomic E-state index is -4.37. The van der Waals surface area contributed by atoms with Crippen LogP contribution in [0.15, 0.2) is 49.1 Å². The summed E-state index contributed by atoms with van der Waals surface area (Å²) in [4.78, 5) is 37.8. The number of esters is 1. The number of pyridine rings is 1. The first-order valence-corrected chi connectivity index (χ1v) is 11.2. The number of benzene rings is 1. The van der Waals surface area contributed by atoms with Crippen LogP contribution in [0.2, 0.25) is 0 Å². The second kappa shape index (κ2) is 9.82. The van der Waals surface area contributed by atoms with Gasteiger partial charge in [0.25, 0.3) is 5.91 Å². The molecule has 1 atom stereocenters. The third kappa shape index (κ3) is 5.65. The average molecular weight is 504 g/mol. The summed E-state index contributed by atoms with van der Waals surface area (Å²) in [5, 5.41) is 3.58. The molecule has 182 valence electrons. The lowest BCUT2D eigenvalue weighted by Crippen LogP contribution is -2.27. The molecule has 3 heterocycles. The molecule has 0 aliphatic heterocycles. The van der Waals surface area contributed by atoms with Crippen LogP contribution in [0.3, 0.4) is 0 Å². The van der Waals surface area contributed by atoms with Gasteiger partial charge in [0.2, 0.25) is 0 Å². The highest BCUT2D eigenvalue weighted by Gasteiger charge is 2.30. The Morgan fingerprint density at radius 2 is 1.89 bits per heavy atom. The largest absolute Gasteiger partial charge is 0.468 e. The van der Waals surface area contributed by atoms with Gasteiger partial charge in [0.1, 0.15) is 17.8 Å². The molecule has 12 heteroatoms. The highest BCUT2D eigenvalue weighted by atomic mass is 32.1. The number of nitrogens with zero attached hydrogens (tertiary/aromatic N) is 4. The zero-order valence-electron chi connectivity index (χ0n) is 18.7. The molecule has 0 bridgehead atoms. The van der Waals surface area contributed by atoms with Crippen LogP contribution >= 0.6 is 11.3 Å². The zero-order valence-corrected chi connectivity index (χ0v) is 19.5. The van der Waals surface area contributed by atoms with E-state index in [9.17, 15) is 22.8 Å². The number of aromatic nitrogens is 4. The van der Waals surface area contributed by atoms with Crippen molar-refractivity contribution in [2.45, 2.75) is 32.1 Å². The first kappa shape index (κ1) is 24.3. The van der Waals surface area contributed by atoms with Crippen molar-refractivity contribution >= 4 is 34.2 Å². The molecular formula is C23H20F3N5O3S. The van der Waals surface area contributed by atoms with E-state index in [0.717, 1.165) is 17.0 Å². The summed E-state index contributed by atoms with van der Waals surface area (Å²) in [6, 6.07) is 6.14. The van der Waals surface area contributed by atoms with Crippen molar-refractivity contribution in [1.29, 1.82) is 0 Å². The van der Waals surface area contributed by atoms with Crippen LogP contribution in [-0.4, -0.2) is 38.5 Å². The number of hydrogen-bond acceptors (Lipinski definition) is 7. The van der Waals surface area contributed by atoms with Gasteiger partial charge in [-0.05, 0) is 30.7 Å². The van der Waals surface area contributed by atoms with Crippen molar-refractivity contribution in [1.82, 2.24) is 24.8 Å². The SMILES string of the molecule is COC(=O)Cn1cnc2cnc(C(=O)NC(C)c3cnc(Cc4ccc(C(F)(F)F)cc4)s3)cc21. The number of nitrogens with one attached hydrogen (secondary N) is 1. The van der Waals surface area contributed by atoms with Gasteiger partial charge >= 0.3 is 12.1 Å². The van der Waals surface area contributed by atoms with Crippen molar-refractivity contribution in [3.05, 3.63) is 75.8 Å². The van der Waals surface area contributed by atoms with E-state index >= 15 is 0 Å². The van der Waals surface area contributed by atoms with Gasteiger partial charge in [-0.3, -0.25) is 9.59 Å². The summed E-state index contributed by atoms with van der Waals surface area (Å²) in [7, 11) is 1.29. The molecule has 35 heavy (non-hydrogen) atoms. The number of carbonyl (C=O) groups excluding carboxylic acids is 2. The number of thiazole rings is 1. The maximum absolute atomic E-state index is 12.8. The van der Waals surface area contributed by atoms with Gasteiger partial charge in [-0.2, -0.15) is 13.2 Å². The van der Waals surface area contributed by atoms with Gasteiger partial charge in [-0.25, -0.2) is 15.0 Å². The summed E-state index contributed by atoms with van der Waals surface area (Å²) in [5.41, 5.74) is 1.27. The van der Waals surface area contributed by atoms with Crippen LogP contribution in [0.25, 0.3) is 11.0 Å². The lowest BCUT2D eigenvalue weighted by Gasteiger charge is -2.11. The van der Waals surface area contributed by atoms with Gasteiger partial charge in [0, 0.05) is 17.5 Å². The zero-order chi connectivity index (χ0) is 25.2. The fourth-order valence-corrected chi connectivity index (χ4v) is 4.31. The lowest BCUT2D eigenvalue weighted by atomic mass is 10.1. The Kier molecular flexibility index (Phi) is 6.83. The van der Waals surface area contributed by atoms with E-state index in [2.05, 4.69) is 25.0 Å². The summed E-state index contributed by atoms with van der Waals surface area (Å²) in [6.07, 6.45) is 0.574. The van der Waals surface area contributed by atoms with E-state index in [1.165, 1.54) is 43.1 Å². The van der Waals surface area contributed by atoms with Crippen LogP contribution in [-0.2, 0) is 28.7 Å². The Morgan fingerprint density at radius 1 is 1.14 bits per heavy atom. The number of ether oxygens (including phenoxy) is 1. The molecule has 3 aromatic heterocycles. The molecule has 0 radical (unpaired) electrons. The average Bonchev–Trinajstić information content (AvgIpc) is 3.45. The van der Waals surface area contributed by atoms with Crippen LogP contribution in [0.5, 0.6) is 0 Å². The van der Waals surface area contributed by atoms with E-state index in [1.807, 2.05) is 0 Å². The first-order chi connectivity index (χ1) is 16.6.